The van der Waals surface area contributed by atoms with Crippen molar-refractivity contribution in [3.05, 3.63) is 11.6 Å². The summed E-state index contributed by atoms with van der Waals surface area (Å²) < 4.78 is 6.45. The molecule has 17 heavy (non-hydrogen) atoms. The molecule has 0 aliphatic rings. The molecule has 92 valence electrons. The molecule has 8 heteroatoms. The number of nitrogen functional groups attached to an aromatic ring is 1. The van der Waals surface area contributed by atoms with E-state index in [4.69, 9.17) is 5.84 Å². The van der Waals surface area contributed by atoms with E-state index in [0.717, 1.165) is 16.0 Å². The van der Waals surface area contributed by atoms with Crippen molar-refractivity contribution in [2.45, 2.75) is 42.6 Å². The van der Waals surface area contributed by atoms with Crippen LogP contribution in [0.15, 0.2) is 9.50 Å². The zero-order chi connectivity index (χ0) is 12.6. The van der Waals surface area contributed by atoms with Crippen molar-refractivity contribution in [3.8, 4) is 0 Å². The smallest absolute Gasteiger partial charge is 0.216 e. The van der Waals surface area contributed by atoms with E-state index in [1.165, 1.54) is 28.0 Å². The molecule has 6 nitrogen and oxygen atoms in total. The molecule has 0 saturated carbocycles. The zero-order valence-corrected chi connectivity index (χ0v) is 11.8. The predicted octanol–water partition coefficient (Wildman–Crippen LogP) is 1.60. The molecule has 0 aromatic carbocycles. The molecular weight excluding hydrogens is 256 g/mol. The summed E-state index contributed by atoms with van der Waals surface area (Å²) in [5, 5.41) is 8.82. The predicted molar refractivity (Wildman–Crippen MR) is 67.6 cm³/mol. The second-order valence-electron chi connectivity index (χ2n) is 4.64. The van der Waals surface area contributed by atoms with Crippen LogP contribution in [-0.2, 0) is 5.41 Å². The topological polar surface area (TPSA) is 82.5 Å². The first-order chi connectivity index (χ1) is 7.88. The van der Waals surface area contributed by atoms with Gasteiger partial charge in [0.05, 0.1) is 0 Å². The Morgan fingerprint density at radius 2 is 2.00 bits per heavy atom. The van der Waals surface area contributed by atoms with E-state index in [1.54, 1.807) is 0 Å². The van der Waals surface area contributed by atoms with Gasteiger partial charge in [0, 0.05) is 5.41 Å². The fourth-order valence-electron chi connectivity index (χ4n) is 1.26. The first-order valence-electron chi connectivity index (χ1n) is 5.07. The molecule has 0 radical (unpaired) electrons. The van der Waals surface area contributed by atoms with Gasteiger partial charge in [-0.05, 0) is 30.2 Å². The van der Waals surface area contributed by atoms with Crippen LogP contribution in [0.1, 0.15) is 32.4 Å². The minimum Gasteiger partial charge on any atom is -0.336 e. The Hall–Kier alpha value is -1.15. The quantitative estimate of drug-likeness (QED) is 0.835. The largest absolute Gasteiger partial charge is 0.336 e. The SMILES string of the molecule is Cc1nsc(Sc2nnc(C(C)(C)C)n2N)n1. The lowest BCUT2D eigenvalue weighted by Crippen LogP contribution is -2.24. The number of aryl methyl sites for hydroxylation is 1. The van der Waals surface area contributed by atoms with Crippen LogP contribution in [0.25, 0.3) is 0 Å². The molecule has 0 amide bonds. The maximum absolute atomic E-state index is 5.97. The summed E-state index contributed by atoms with van der Waals surface area (Å²) in [6.45, 7) is 7.99. The van der Waals surface area contributed by atoms with E-state index in [2.05, 4.69) is 19.6 Å². The Balaban J connectivity index is 2.26. The van der Waals surface area contributed by atoms with Gasteiger partial charge in [0.25, 0.3) is 0 Å². The van der Waals surface area contributed by atoms with Crippen LogP contribution in [-0.4, -0.2) is 24.2 Å². The normalized spacial score (nSPS) is 12.0. The number of nitrogens with two attached hydrogens (primary N) is 1. The Morgan fingerprint density at radius 1 is 1.29 bits per heavy atom. The first-order valence-corrected chi connectivity index (χ1v) is 6.66. The highest BCUT2D eigenvalue weighted by Crippen LogP contribution is 2.29. The third kappa shape index (κ3) is 2.58. The average molecular weight is 270 g/mol. The van der Waals surface area contributed by atoms with Gasteiger partial charge in [0.15, 0.2) is 10.2 Å². The van der Waals surface area contributed by atoms with Crippen LogP contribution in [0.4, 0.5) is 0 Å². The van der Waals surface area contributed by atoms with E-state index in [9.17, 15) is 0 Å². The Morgan fingerprint density at radius 3 is 2.47 bits per heavy atom. The highest BCUT2D eigenvalue weighted by atomic mass is 32.2. The summed E-state index contributed by atoms with van der Waals surface area (Å²) in [6, 6.07) is 0. The van der Waals surface area contributed by atoms with Crippen LogP contribution >= 0.6 is 23.3 Å². The second kappa shape index (κ2) is 4.26. The average Bonchev–Trinajstić information content (AvgIpc) is 2.74. The third-order valence-electron chi connectivity index (χ3n) is 2.02. The maximum Gasteiger partial charge on any atom is 0.216 e. The highest BCUT2D eigenvalue weighted by Gasteiger charge is 2.23. The van der Waals surface area contributed by atoms with Crippen LogP contribution in [0.2, 0.25) is 0 Å². The number of aromatic nitrogens is 5. The molecule has 2 rings (SSSR count). The van der Waals surface area contributed by atoms with E-state index < -0.39 is 0 Å². The summed E-state index contributed by atoms with van der Waals surface area (Å²) in [5.41, 5.74) is -0.127. The van der Waals surface area contributed by atoms with Gasteiger partial charge in [0.1, 0.15) is 5.82 Å². The number of rotatable bonds is 2. The third-order valence-corrected chi connectivity index (χ3v) is 3.83. The van der Waals surface area contributed by atoms with Crippen molar-refractivity contribution in [1.82, 2.24) is 24.2 Å². The monoisotopic (exact) mass is 270 g/mol. The summed E-state index contributed by atoms with van der Waals surface area (Å²) in [5.74, 6) is 7.48. The molecule has 0 unspecified atom stereocenters. The Labute approximate surface area is 108 Å². The molecule has 2 aromatic heterocycles. The number of hydrogen-bond donors (Lipinski definition) is 1. The van der Waals surface area contributed by atoms with Crippen LogP contribution in [0.3, 0.4) is 0 Å². The summed E-state index contributed by atoms with van der Waals surface area (Å²) in [7, 11) is 0. The lowest BCUT2D eigenvalue weighted by molar-refractivity contribution is 0.523. The van der Waals surface area contributed by atoms with Gasteiger partial charge in [0.2, 0.25) is 5.16 Å². The lowest BCUT2D eigenvalue weighted by atomic mass is 9.96. The van der Waals surface area contributed by atoms with Crippen LogP contribution in [0, 0.1) is 6.92 Å². The zero-order valence-electron chi connectivity index (χ0n) is 10.1. The van der Waals surface area contributed by atoms with Crippen molar-refractivity contribution < 1.29 is 0 Å². The molecule has 0 saturated heterocycles. The van der Waals surface area contributed by atoms with Gasteiger partial charge < -0.3 is 5.84 Å². The lowest BCUT2D eigenvalue weighted by Gasteiger charge is -2.16. The molecular formula is C9H14N6S2. The molecule has 2 heterocycles. The van der Waals surface area contributed by atoms with Gasteiger partial charge in [-0.25, -0.2) is 9.66 Å². The van der Waals surface area contributed by atoms with E-state index in [-0.39, 0.29) is 5.41 Å². The molecule has 0 aliphatic carbocycles. The highest BCUT2D eigenvalue weighted by molar-refractivity contribution is 8.00. The van der Waals surface area contributed by atoms with Crippen molar-refractivity contribution in [1.29, 1.82) is 0 Å². The summed E-state index contributed by atoms with van der Waals surface area (Å²) >= 11 is 2.72. The van der Waals surface area contributed by atoms with Gasteiger partial charge in [-0.2, -0.15) is 4.37 Å². The fourth-order valence-corrected chi connectivity index (χ4v) is 2.76. The van der Waals surface area contributed by atoms with Crippen molar-refractivity contribution in [2.24, 2.45) is 0 Å². The fraction of sp³-hybridized carbons (Fsp3) is 0.556. The molecule has 0 bridgehead atoms. The van der Waals surface area contributed by atoms with Crippen LogP contribution in [0.5, 0.6) is 0 Å². The number of hydrogen-bond acceptors (Lipinski definition) is 7. The van der Waals surface area contributed by atoms with E-state index in [1.807, 2.05) is 27.7 Å². The van der Waals surface area contributed by atoms with Gasteiger partial charge in [-0.3, -0.25) is 0 Å². The molecule has 0 atom stereocenters. The van der Waals surface area contributed by atoms with Gasteiger partial charge in [-0.1, -0.05) is 20.8 Å². The minimum atomic E-state index is -0.127. The van der Waals surface area contributed by atoms with Crippen molar-refractivity contribution in [3.63, 3.8) is 0 Å². The Kier molecular flexibility index (Phi) is 3.09. The second-order valence-corrected chi connectivity index (χ2v) is 6.60. The minimum absolute atomic E-state index is 0.127. The number of nitrogens with zero attached hydrogens (tertiary/aromatic N) is 5. The standard InChI is InChI=1S/C9H14N6S2/c1-5-11-8(17-14-5)16-7-13-12-6(15(7)10)9(2,3)4/h10H2,1-4H3. The molecule has 2 aromatic rings. The van der Waals surface area contributed by atoms with Crippen molar-refractivity contribution in [2.75, 3.05) is 5.84 Å². The Bertz CT molecular complexity index is 524. The van der Waals surface area contributed by atoms with Gasteiger partial charge >= 0.3 is 0 Å². The van der Waals surface area contributed by atoms with Crippen LogP contribution < -0.4 is 5.84 Å². The molecule has 0 spiro atoms. The summed E-state index contributed by atoms with van der Waals surface area (Å²) in [6.07, 6.45) is 0. The van der Waals surface area contributed by atoms with Crippen molar-refractivity contribution >= 4 is 23.3 Å². The first kappa shape index (κ1) is 12.3. The van der Waals surface area contributed by atoms with E-state index >= 15 is 0 Å². The van der Waals surface area contributed by atoms with E-state index in [0.29, 0.717) is 5.16 Å². The molecule has 0 fully saturated rings. The van der Waals surface area contributed by atoms with Gasteiger partial charge in [-0.15, -0.1) is 10.2 Å². The molecule has 0 aliphatic heterocycles. The molecule has 2 N–H and O–H groups in total. The summed E-state index contributed by atoms with van der Waals surface area (Å²) in [4.78, 5) is 4.25. The maximum atomic E-state index is 5.97.